The largest absolute Gasteiger partial charge is 0.497 e. The van der Waals surface area contributed by atoms with Crippen LogP contribution in [0, 0.1) is 5.92 Å². The summed E-state index contributed by atoms with van der Waals surface area (Å²) in [6, 6.07) is 7.88. The third-order valence-corrected chi connectivity index (χ3v) is 5.55. The van der Waals surface area contributed by atoms with Gasteiger partial charge >= 0.3 is 0 Å². The van der Waals surface area contributed by atoms with Crippen LogP contribution in [0.3, 0.4) is 0 Å². The second kappa shape index (κ2) is 7.70. The van der Waals surface area contributed by atoms with E-state index in [1.165, 1.54) is 43.5 Å². The molecule has 1 saturated carbocycles. The van der Waals surface area contributed by atoms with Crippen molar-refractivity contribution < 1.29 is 9.47 Å². The van der Waals surface area contributed by atoms with Gasteiger partial charge in [0.2, 0.25) is 0 Å². The molecule has 1 aromatic heterocycles. The number of hydrogen-bond acceptors (Lipinski definition) is 4. The molecule has 5 heteroatoms. The summed E-state index contributed by atoms with van der Waals surface area (Å²) < 4.78 is 13.4. The second-order valence-corrected chi connectivity index (χ2v) is 7.69. The molecule has 1 unspecified atom stereocenters. The predicted octanol–water partition coefficient (Wildman–Crippen LogP) is 3.60. The molecule has 0 amide bonds. The Bertz CT molecular complexity index is 739. The maximum atomic E-state index is 6.04. The first kappa shape index (κ1) is 17.4. The van der Waals surface area contributed by atoms with E-state index < -0.39 is 0 Å². The molecular formula is C21H29N3O2. The van der Waals surface area contributed by atoms with Crippen molar-refractivity contribution in [1.29, 1.82) is 0 Å². The molecule has 0 bridgehead atoms. The summed E-state index contributed by atoms with van der Waals surface area (Å²) in [6.45, 7) is 4.07. The summed E-state index contributed by atoms with van der Waals surface area (Å²) in [5.41, 5.74) is 2.88. The minimum Gasteiger partial charge on any atom is -0.497 e. The van der Waals surface area contributed by atoms with E-state index >= 15 is 0 Å². The van der Waals surface area contributed by atoms with E-state index in [1.807, 2.05) is 24.3 Å². The Kier molecular flexibility index (Phi) is 5.16. The summed E-state index contributed by atoms with van der Waals surface area (Å²) in [6.07, 6.45) is 7.20. The molecule has 26 heavy (non-hydrogen) atoms. The number of hydrogen-bond donors (Lipinski definition) is 0. The van der Waals surface area contributed by atoms with Crippen LogP contribution >= 0.6 is 0 Å². The third kappa shape index (κ3) is 4.04. The lowest BCUT2D eigenvalue weighted by atomic mass is 9.98. The summed E-state index contributed by atoms with van der Waals surface area (Å²) in [5.74, 6) is 3.06. The Hall–Kier alpha value is -2.01. The van der Waals surface area contributed by atoms with Crippen LogP contribution in [-0.4, -0.2) is 41.5 Å². The molecule has 140 valence electrons. The van der Waals surface area contributed by atoms with E-state index in [2.05, 4.69) is 27.9 Å². The highest BCUT2D eigenvalue weighted by molar-refractivity contribution is 5.32. The summed E-state index contributed by atoms with van der Waals surface area (Å²) in [7, 11) is 3.77. The molecule has 2 aliphatic rings. The number of ether oxygens (including phenoxy) is 2. The van der Waals surface area contributed by atoms with Crippen molar-refractivity contribution in [2.45, 2.75) is 38.1 Å². The lowest BCUT2D eigenvalue weighted by molar-refractivity contribution is 0.124. The number of rotatable bonds is 7. The normalized spacial score (nSPS) is 20.9. The van der Waals surface area contributed by atoms with E-state index in [9.17, 15) is 0 Å². The molecular weight excluding hydrogens is 326 g/mol. The van der Waals surface area contributed by atoms with Gasteiger partial charge in [0.25, 0.3) is 0 Å². The van der Waals surface area contributed by atoms with Crippen LogP contribution < -0.4 is 9.47 Å². The monoisotopic (exact) mass is 355 g/mol. The van der Waals surface area contributed by atoms with Crippen molar-refractivity contribution in [1.82, 2.24) is 14.7 Å². The van der Waals surface area contributed by atoms with Gasteiger partial charge in [-0.25, -0.2) is 0 Å². The molecule has 1 aliphatic heterocycles. The lowest BCUT2D eigenvalue weighted by Gasteiger charge is -2.32. The zero-order chi connectivity index (χ0) is 17.9. The van der Waals surface area contributed by atoms with Crippen molar-refractivity contribution in [3.63, 3.8) is 0 Å². The van der Waals surface area contributed by atoms with Gasteiger partial charge in [-0.1, -0.05) is 6.07 Å². The quantitative estimate of drug-likeness (QED) is 0.761. The highest BCUT2D eigenvalue weighted by Gasteiger charge is 2.30. The molecule has 2 aromatic rings. The number of benzene rings is 1. The SMILES string of the molecule is COc1cccc(OCC2CCCN(Cc3cnn(C)c3C3CC3)C2)c1. The van der Waals surface area contributed by atoms with Crippen LogP contribution in [0.25, 0.3) is 0 Å². The lowest BCUT2D eigenvalue weighted by Crippen LogP contribution is -2.37. The molecule has 1 aliphatic carbocycles. The van der Waals surface area contributed by atoms with E-state index in [4.69, 9.17) is 9.47 Å². The van der Waals surface area contributed by atoms with Crippen LogP contribution in [0.4, 0.5) is 0 Å². The number of piperidine rings is 1. The van der Waals surface area contributed by atoms with Crippen molar-refractivity contribution in [2.24, 2.45) is 13.0 Å². The molecule has 1 saturated heterocycles. The molecule has 5 nitrogen and oxygen atoms in total. The van der Waals surface area contributed by atoms with Gasteiger partial charge in [0.15, 0.2) is 0 Å². The number of likely N-dealkylation sites (tertiary alicyclic amines) is 1. The minimum atomic E-state index is 0.580. The van der Waals surface area contributed by atoms with Crippen molar-refractivity contribution in [3.8, 4) is 11.5 Å². The first-order valence-electron chi connectivity index (χ1n) is 9.73. The first-order valence-corrected chi connectivity index (χ1v) is 9.73. The molecule has 0 N–H and O–H groups in total. The topological polar surface area (TPSA) is 39.5 Å². The molecule has 4 rings (SSSR count). The van der Waals surface area contributed by atoms with Gasteiger partial charge in [0, 0.05) is 49.3 Å². The highest BCUT2D eigenvalue weighted by atomic mass is 16.5. The zero-order valence-electron chi connectivity index (χ0n) is 15.9. The van der Waals surface area contributed by atoms with Crippen molar-refractivity contribution in [3.05, 3.63) is 41.7 Å². The van der Waals surface area contributed by atoms with Crippen LogP contribution in [0.2, 0.25) is 0 Å². The summed E-state index contributed by atoms with van der Waals surface area (Å²) in [5, 5.41) is 4.51. The summed E-state index contributed by atoms with van der Waals surface area (Å²) in [4.78, 5) is 2.58. The summed E-state index contributed by atoms with van der Waals surface area (Å²) >= 11 is 0. The van der Waals surface area contributed by atoms with E-state index in [1.54, 1.807) is 7.11 Å². The maximum absolute atomic E-state index is 6.04. The van der Waals surface area contributed by atoms with Crippen molar-refractivity contribution in [2.75, 3.05) is 26.8 Å². The smallest absolute Gasteiger partial charge is 0.122 e. The standard InChI is InChI=1S/C21H29N3O2/c1-23-21(17-8-9-17)18(12-22-23)14-24-10-4-5-16(13-24)15-26-20-7-3-6-19(11-20)25-2/h3,6-7,11-12,16-17H,4-5,8-10,13-15H2,1-2H3. The van der Waals surface area contributed by atoms with Gasteiger partial charge in [-0.2, -0.15) is 5.10 Å². The maximum Gasteiger partial charge on any atom is 0.122 e. The van der Waals surface area contributed by atoms with Crippen LogP contribution in [0.1, 0.15) is 42.9 Å². The fourth-order valence-electron chi connectivity index (χ4n) is 4.07. The van der Waals surface area contributed by atoms with E-state index in [-0.39, 0.29) is 0 Å². The number of aryl methyl sites for hydroxylation is 1. The highest BCUT2D eigenvalue weighted by Crippen LogP contribution is 2.41. The Morgan fingerprint density at radius 1 is 1.19 bits per heavy atom. The molecule has 2 fully saturated rings. The predicted molar refractivity (Wildman–Crippen MR) is 102 cm³/mol. The van der Waals surface area contributed by atoms with Gasteiger partial charge in [-0.05, 0) is 44.4 Å². The molecule has 0 spiro atoms. The third-order valence-electron chi connectivity index (χ3n) is 5.55. The van der Waals surface area contributed by atoms with Crippen molar-refractivity contribution >= 4 is 0 Å². The molecule has 0 radical (unpaired) electrons. The number of methoxy groups -OCH3 is 1. The molecule has 2 heterocycles. The average molecular weight is 355 g/mol. The zero-order valence-corrected chi connectivity index (χ0v) is 15.9. The minimum absolute atomic E-state index is 0.580. The second-order valence-electron chi connectivity index (χ2n) is 7.69. The fourth-order valence-corrected chi connectivity index (χ4v) is 4.07. The number of nitrogens with zero attached hydrogens (tertiary/aromatic N) is 3. The Labute approximate surface area is 155 Å². The average Bonchev–Trinajstić information content (AvgIpc) is 3.44. The van der Waals surface area contributed by atoms with E-state index in [0.29, 0.717) is 5.92 Å². The van der Waals surface area contributed by atoms with Crippen LogP contribution in [0.5, 0.6) is 11.5 Å². The fraction of sp³-hybridized carbons (Fsp3) is 0.571. The van der Waals surface area contributed by atoms with Crippen LogP contribution in [0.15, 0.2) is 30.5 Å². The van der Waals surface area contributed by atoms with Gasteiger partial charge in [-0.15, -0.1) is 0 Å². The first-order chi connectivity index (χ1) is 12.7. The number of aromatic nitrogens is 2. The van der Waals surface area contributed by atoms with E-state index in [0.717, 1.165) is 37.1 Å². The molecule has 1 aromatic carbocycles. The molecule has 1 atom stereocenters. The Morgan fingerprint density at radius 3 is 2.85 bits per heavy atom. The van der Waals surface area contributed by atoms with Crippen LogP contribution in [-0.2, 0) is 13.6 Å². The van der Waals surface area contributed by atoms with Gasteiger partial charge < -0.3 is 9.47 Å². The van der Waals surface area contributed by atoms with Gasteiger partial charge in [0.1, 0.15) is 11.5 Å². The Balaban J connectivity index is 1.32. The Morgan fingerprint density at radius 2 is 2.04 bits per heavy atom. The van der Waals surface area contributed by atoms with Gasteiger partial charge in [-0.3, -0.25) is 9.58 Å². The van der Waals surface area contributed by atoms with Gasteiger partial charge in [0.05, 0.1) is 19.9 Å².